The molecule has 6 nitrogen and oxygen atoms in total. The van der Waals surface area contributed by atoms with E-state index in [4.69, 9.17) is 4.74 Å². The number of imide groups is 1. The van der Waals surface area contributed by atoms with Gasteiger partial charge in [0, 0.05) is 5.56 Å². The van der Waals surface area contributed by atoms with E-state index in [2.05, 4.69) is 0 Å². The fourth-order valence-corrected chi connectivity index (χ4v) is 2.75. The summed E-state index contributed by atoms with van der Waals surface area (Å²) in [5.74, 6) is -0.510. The average molecular weight is 353 g/mol. The molecule has 1 aliphatic rings. The van der Waals surface area contributed by atoms with E-state index in [1.54, 1.807) is 48.5 Å². The van der Waals surface area contributed by atoms with Crippen molar-refractivity contribution in [1.29, 1.82) is 0 Å². The van der Waals surface area contributed by atoms with E-state index in [0.29, 0.717) is 22.4 Å². The van der Waals surface area contributed by atoms with Crippen LogP contribution in [0, 0.1) is 0 Å². The molecule has 2 amide bonds. The third-order valence-electron chi connectivity index (χ3n) is 4.13. The molecule has 1 heterocycles. The van der Waals surface area contributed by atoms with Gasteiger partial charge in [-0.2, -0.15) is 0 Å². The molecule has 1 aliphatic heterocycles. The predicted molar refractivity (Wildman–Crippen MR) is 94.4 cm³/mol. The van der Waals surface area contributed by atoms with E-state index >= 15 is 0 Å². The quantitative estimate of drug-likeness (QED) is 0.636. The van der Waals surface area contributed by atoms with Crippen LogP contribution in [0.15, 0.2) is 48.5 Å². The summed E-state index contributed by atoms with van der Waals surface area (Å²) in [6, 6.07) is 13.1. The first-order valence-corrected chi connectivity index (χ1v) is 8.24. The molecule has 2 aromatic rings. The Labute approximate surface area is 151 Å². The molecule has 0 aliphatic carbocycles. The smallest absolute Gasteiger partial charge is 0.261 e. The first-order valence-electron chi connectivity index (χ1n) is 8.24. The number of hydrogen-bond acceptors (Lipinski definition) is 5. The fourth-order valence-electron chi connectivity index (χ4n) is 2.75. The van der Waals surface area contributed by atoms with Crippen molar-refractivity contribution in [2.24, 2.45) is 0 Å². The van der Waals surface area contributed by atoms with Gasteiger partial charge in [0.05, 0.1) is 17.7 Å². The molecule has 26 heavy (non-hydrogen) atoms. The number of nitrogens with zero attached hydrogens (tertiary/aromatic N) is 1. The molecule has 2 aromatic carbocycles. The number of fused-ring (bicyclic) bond motifs is 1. The lowest BCUT2D eigenvalue weighted by Gasteiger charge is -2.16. The molecule has 0 radical (unpaired) electrons. The Morgan fingerprint density at radius 1 is 1.00 bits per heavy atom. The molecule has 1 N–H and O–H groups in total. The minimum absolute atomic E-state index is 0.136. The summed E-state index contributed by atoms with van der Waals surface area (Å²) in [6.07, 6.45) is 0. The normalized spacial score (nSPS) is 13.7. The molecule has 3 rings (SSSR count). The largest absolute Gasteiger partial charge is 0.492 e. The predicted octanol–water partition coefficient (Wildman–Crippen LogP) is 2.32. The van der Waals surface area contributed by atoms with Crippen molar-refractivity contribution in [1.82, 2.24) is 4.90 Å². The van der Waals surface area contributed by atoms with E-state index in [1.807, 2.05) is 0 Å². The van der Waals surface area contributed by atoms with Gasteiger partial charge in [-0.15, -0.1) is 0 Å². The van der Waals surface area contributed by atoms with Gasteiger partial charge in [0.1, 0.15) is 18.0 Å². The van der Waals surface area contributed by atoms with Crippen molar-refractivity contribution < 1.29 is 24.2 Å². The van der Waals surface area contributed by atoms with E-state index in [-0.39, 0.29) is 30.7 Å². The van der Waals surface area contributed by atoms with Crippen molar-refractivity contribution in [2.75, 3.05) is 13.2 Å². The lowest BCUT2D eigenvalue weighted by Crippen LogP contribution is -2.33. The Hall–Kier alpha value is -2.99. The van der Waals surface area contributed by atoms with Crippen LogP contribution in [0.5, 0.6) is 5.75 Å². The molecule has 0 aromatic heterocycles. The lowest BCUT2D eigenvalue weighted by molar-refractivity contribution is 0.0488. The van der Waals surface area contributed by atoms with E-state index in [1.165, 1.54) is 13.8 Å². The van der Waals surface area contributed by atoms with Crippen LogP contribution in [0.25, 0.3) is 0 Å². The number of benzene rings is 2. The van der Waals surface area contributed by atoms with Crippen LogP contribution in [0.2, 0.25) is 0 Å². The highest BCUT2D eigenvalue weighted by atomic mass is 16.5. The number of ketones is 1. The summed E-state index contributed by atoms with van der Waals surface area (Å²) in [5, 5.41) is 9.75. The standard InChI is InChI=1S/C20H19NO5/c1-20(2,25)17(22)13-7-9-14(10-8-13)26-12-11-21-18(23)15-5-3-4-6-16(15)19(21)24/h3-10,25H,11-12H2,1-2H3. The molecule has 0 saturated carbocycles. The molecule has 0 atom stereocenters. The minimum Gasteiger partial charge on any atom is -0.492 e. The van der Waals surface area contributed by atoms with Gasteiger partial charge in [-0.25, -0.2) is 0 Å². The number of hydrogen-bond donors (Lipinski definition) is 1. The number of carbonyl (C=O) groups excluding carboxylic acids is 3. The van der Waals surface area contributed by atoms with Gasteiger partial charge in [0.25, 0.3) is 11.8 Å². The van der Waals surface area contributed by atoms with Crippen molar-refractivity contribution in [3.05, 3.63) is 65.2 Å². The van der Waals surface area contributed by atoms with Gasteiger partial charge in [0.2, 0.25) is 0 Å². The Morgan fingerprint density at radius 2 is 1.54 bits per heavy atom. The van der Waals surface area contributed by atoms with Gasteiger partial charge in [0.15, 0.2) is 5.78 Å². The second-order valence-electron chi connectivity index (χ2n) is 6.57. The molecule has 0 spiro atoms. The van der Waals surface area contributed by atoms with Crippen molar-refractivity contribution in [3.63, 3.8) is 0 Å². The zero-order valence-electron chi connectivity index (χ0n) is 14.6. The first kappa shape index (κ1) is 17.8. The summed E-state index contributed by atoms with van der Waals surface area (Å²) in [7, 11) is 0. The molecule has 0 bridgehead atoms. The number of amides is 2. The number of ether oxygens (including phenoxy) is 1. The Kier molecular flexibility index (Phi) is 4.61. The van der Waals surface area contributed by atoms with Crippen molar-refractivity contribution in [2.45, 2.75) is 19.4 Å². The highest BCUT2D eigenvalue weighted by Crippen LogP contribution is 2.22. The molecule has 0 fully saturated rings. The summed E-state index contributed by atoms with van der Waals surface area (Å²) >= 11 is 0. The maximum Gasteiger partial charge on any atom is 0.261 e. The number of rotatable bonds is 6. The van der Waals surface area contributed by atoms with Gasteiger partial charge in [-0.05, 0) is 50.2 Å². The van der Waals surface area contributed by atoms with Gasteiger partial charge < -0.3 is 9.84 Å². The summed E-state index contributed by atoms with van der Waals surface area (Å²) in [6.45, 7) is 3.14. The van der Waals surface area contributed by atoms with Crippen LogP contribution < -0.4 is 4.74 Å². The Balaban J connectivity index is 1.59. The van der Waals surface area contributed by atoms with E-state index in [9.17, 15) is 19.5 Å². The van der Waals surface area contributed by atoms with Gasteiger partial charge in [-0.3, -0.25) is 19.3 Å². The Morgan fingerprint density at radius 3 is 2.04 bits per heavy atom. The lowest BCUT2D eigenvalue weighted by atomic mass is 9.97. The van der Waals surface area contributed by atoms with Crippen LogP contribution in [0.1, 0.15) is 44.9 Å². The van der Waals surface area contributed by atoms with Crippen molar-refractivity contribution >= 4 is 17.6 Å². The summed E-state index contributed by atoms with van der Waals surface area (Å²) in [4.78, 5) is 37.6. The van der Waals surface area contributed by atoms with Gasteiger partial charge in [-0.1, -0.05) is 12.1 Å². The SMILES string of the molecule is CC(C)(O)C(=O)c1ccc(OCCN2C(=O)c3ccccc3C2=O)cc1. The molecule has 0 unspecified atom stereocenters. The van der Waals surface area contributed by atoms with Gasteiger partial charge >= 0.3 is 0 Å². The zero-order valence-corrected chi connectivity index (χ0v) is 14.6. The molecule has 0 saturated heterocycles. The van der Waals surface area contributed by atoms with Crippen LogP contribution >= 0.6 is 0 Å². The number of aliphatic hydroxyl groups is 1. The van der Waals surface area contributed by atoms with Crippen LogP contribution in [-0.2, 0) is 0 Å². The van der Waals surface area contributed by atoms with Crippen molar-refractivity contribution in [3.8, 4) is 5.75 Å². The second kappa shape index (κ2) is 6.72. The highest BCUT2D eigenvalue weighted by Gasteiger charge is 2.34. The minimum atomic E-state index is -1.44. The Bertz CT molecular complexity index is 830. The maximum absolute atomic E-state index is 12.3. The second-order valence-corrected chi connectivity index (χ2v) is 6.57. The molecular formula is C20H19NO5. The third-order valence-corrected chi connectivity index (χ3v) is 4.13. The zero-order chi connectivity index (χ0) is 18.9. The highest BCUT2D eigenvalue weighted by molar-refractivity contribution is 6.21. The molecule has 6 heteroatoms. The molecule has 134 valence electrons. The average Bonchev–Trinajstić information content (AvgIpc) is 2.86. The summed E-state index contributed by atoms with van der Waals surface area (Å²) in [5.41, 5.74) is -0.238. The van der Waals surface area contributed by atoms with Crippen LogP contribution in [0.4, 0.5) is 0 Å². The maximum atomic E-state index is 12.3. The van der Waals surface area contributed by atoms with Crippen LogP contribution in [-0.4, -0.2) is 46.4 Å². The first-order chi connectivity index (χ1) is 12.3. The number of carbonyl (C=O) groups is 3. The topological polar surface area (TPSA) is 83.9 Å². The number of Topliss-reactive ketones (excluding diaryl/α,β-unsaturated/α-hetero) is 1. The third kappa shape index (κ3) is 3.36. The monoisotopic (exact) mass is 353 g/mol. The van der Waals surface area contributed by atoms with E-state index in [0.717, 1.165) is 4.90 Å². The van der Waals surface area contributed by atoms with E-state index < -0.39 is 5.60 Å². The fraction of sp³-hybridized carbons (Fsp3) is 0.250. The van der Waals surface area contributed by atoms with Crippen LogP contribution in [0.3, 0.4) is 0 Å². The summed E-state index contributed by atoms with van der Waals surface area (Å²) < 4.78 is 5.56. The molecular weight excluding hydrogens is 334 g/mol.